The molecule has 3 aromatic rings. The predicted octanol–water partition coefficient (Wildman–Crippen LogP) is 4.06. The fourth-order valence-electron chi connectivity index (χ4n) is 2.78. The van der Waals surface area contributed by atoms with Crippen molar-refractivity contribution < 1.29 is 14.3 Å². The zero-order valence-electron chi connectivity index (χ0n) is 16.7. The number of nitrogens with zero attached hydrogens (tertiary/aromatic N) is 2. The van der Waals surface area contributed by atoms with E-state index in [1.807, 2.05) is 50.2 Å². The van der Waals surface area contributed by atoms with Gasteiger partial charge in [-0.25, -0.2) is 9.97 Å². The van der Waals surface area contributed by atoms with Crippen LogP contribution in [-0.4, -0.2) is 29.6 Å². The summed E-state index contributed by atoms with van der Waals surface area (Å²) in [6, 6.07) is 16.6. The van der Waals surface area contributed by atoms with Gasteiger partial charge >= 0.3 is 0 Å². The number of ether oxygens (including phenoxy) is 2. The summed E-state index contributed by atoms with van der Waals surface area (Å²) >= 11 is 0. The van der Waals surface area contributed by atoms with Crippen molar-refractivity contribution in [2.75, 3.05) is 24.4 Å². The Morgan fingerprint density at radius 3 is 2.55 bits per heavy atom. The van der Waals surface area contributed by atoms with Crippen LogP contribution in [0.4, 0.5) is 11.6 Å². The molecule has 2 aromatic carbocycles. The lowest BCUT2D eigenvalue weighted by Crippen LogP contribution is -2.16. The van der Waals surface area contributed by atoms with E-state index < -0.39 is 0 Å². The molecule has 7 heteroatoms. The Labute approximate surface area is 170 Å². The summed E-state index contributed by atoms with van der Waals surface area (Å²) in [5, 5.41) is 6.00. The number of rotatable bonds is 8. The number of benzene rings is 2. The number of carbonyl (C=O) groups excluding carboxylic acids is 1. The van der Waals surface area contributed by atoms with Gasteiger partial charge in [-0.05, 0) is 50.2 Å². The minimum Gasteiger partial charge on any atom is -0.496 e. The Bertz CT molecular complexity index is 974. The van der Waals surface area contributed by atoms with Crippen molar-refractivity contribution in [3.63, 3.8) is 0 Å². The van der Waals surface area contributed by atoms with Crippen LogP contribution in [0.2, 0.25) is 0 Å². The Morgan fingerprint density at radius 2 is 1.83 bits per heavy atom. The molecule has 1 amide bonds. The minimum atomic E-state index is -0.306. The molecule has 0 bridgehead atoms. The molecule has 3 rings (SSSR count). The van der Waals surface area contributed by atoms with Gasteiger partial charge in [0.2, 0.25) is 5.95 Å². The van der Waals surface area contributed by atoms with Gasteiger partial charge in [-0.1, -0.05) is 18.2 Å². The Kier molecular flexibility index (Phi) is 6.63. The van der Waals surface area contributed by atoms with Gasteiger partial charge in [0.1, 0.15) is 17.2 Å². The van der Waals surface area contributed by atoms with Crippen LogP contribution >= 0.6 is 0 Å². The van der Waals surface area contributed by atoms with Crippen LogP contribution in [0.5, 0.6) is 11.5 Å². The lowest BCUT2D eigenvalue weighted by Gasteiger charge is -2.11. The molecule has 0 atom stereocenters. The fraction of sp³-hybridized carbons (Fsp3) is 0.227. The number of aromatic nitrogens is 2. The van der Waals surface area contributed by atoms with Crippen molar-refractivity contribution in [2.24, 2.45) is 0 Å². The first-order valence-corrected chi connectivity index (χ1v) is 9.34. The van der Waals surface area contributed by atoms with Crippen molar-refractivity contribution in [2.45, 2.75) is 20.4 Å². The van der Waals surface area contributed by atoms with Crippen LogP contribution in [0, 0.1) is 6.92 Å². The Hall–Kier alpha value is -3.61. The van der Waals surface area contributed by atoms with Crippen molar-refractivity contribution in [1.82, 2.24) is 9.97 Å². The molecule has 1 aromatic heterocycles. The van der Waals surface area contributed by atoms with Gasteiger partial charge in [-0.3, -0.25) is 4.79 Å². The Morgan fingerprint density at radius 1 is 1.07 bits per heavy atom. The van der Waals surface area contributed by atoms with Crippen molar-refractivity contribution >= 4 is 17.5 Å². The first kappa shape index (κ1) is 20.1. The summed E-state index contributed by atoms with van der Waals surface area (Å²) < 4.78 is 10.8. The Balaban J connectivity index is 1.70. The number of methoxy groups -OCH3 is 1. The maximum absolute atomic E-state index is 12.6. The monoisotopic (exact) mass is 392 g/mol. The second-order valence-electron chi connectivity index (χ2n) is 6.30. The van der Waals surface area contributed by atoms with E-state index in [2.05, 4.69) is 20.6 Å². The number of carbonyl (C=O) groups is 1. The lowest BCUT2D eigenvalue weighted by molar-refractivity contribution is 0.102. The van der Waals surface area contributed by atoms with Crippen molar-refractivity contribution in [3.05, 3.63) is 71.5 Å². The molecular formula is C22H24N4O3. The van der Waals surface area contributed by atoms with Crippen LogP contribution in [0.25, 0.3) is 0 Å². The van der Waals surface area contributed by atoms with Crippen LogP contribution in [0.1, 0.15) is 28.7 Å². The molecule has 0 aliphatic heterocycles. The van der Waals surface area contributed by atoms with Gasteiger partial charge in [0.25, 0.3) is 5.91 Å². The van der Waals surface area contributed by atoms with E-state index in [4.69, 9.17) is 9.47 Å². The summed E-state index contributed by atoms with van der Waals surface area (Å²) in [5.74, 6) is 1.61. The smallest absolute Gasteiger partial charge is 0.274 e. The summed E-state index contributed by atoms with van der Waals surface area (Å²) in [5.41, 5.74) is 2.62. The summed E-state index contributed by atoms with van der Waals surface area (Å²) in [4.78, 5) is 21.3. The maximum atomic E-state index is 12.6. The van der Waals surface area contributed by atoms with E-state index in [-0.39, 0.29) is 11.6 Å². The largest absolute Gasteiger partial charge is 0.496 e. The highest BCUT2D eigenvalue weighted by Gasteiger charge is 2.12. The maximum Gasteiger partial charge on any atom is 0.274 e. The molecule has 0 spiro atoms. The molecule has 0 saturated heterocycles. The summed E-state index contributed by atoms with van der Waals surface area (Å²) in [6.45, 7) is 4.82. The van der Waals surface area contributed by atoms with Gasteiger partial charge in [0, 0.05) is 23.5 Å². The van der Waals surface area contributed by atoms with E-state index in [1.165, 1.54) is 0 Å². The molecule has 0 unspecified atom stereocenters. The van der Waals surface area contributed by atoms with Crippen molar-refractivity contribution in [1.29, 1.82) is 0 Å². The number of aryl methyl sites for hydroxylation is 1. The lowest BCUT2D eigenvalue weighted by atomic mass is 10.2. The van der Waals surface area contributed by atoms with E-state index in [0.29, 0.717) is 30.5 Å². The molecule has 2 N–H and O–H groups in total. The standard InChI is InChI=1S/C22H24N4O3/c1-4-29-18-11-9-17(10-12-18)25-21(27)19-13-15(2)24-22(26-19)23-14-16-7-5-6-8-20(16)28-3/h5-13H,4,14H2,1-3H3,(H,25,27)(H,23,24,26). The van der Waals surface area contributed by atoms with Crippen LogP contribution < -0.4 is 20.1 Å². The van der Waals surface area contributed by atoms with E-state index >= 15 is 0 Å². The normalized spacial score (nSPS) is 10.3. The highest BCUT2D eigenvalue weighted by Crippen LogP contribution is 2.19. The molecular weight excluding hydrogens is 368 g/mol. The highest BCUT2D eigenvalue weighted by molar-refractivity contribution is 6.03. The van der Waals surface area contributed by atoms with Crippen LogP contribution in [0.3, 0.4) is 0 Å². The third-order valence-electron chi connectivity index (χ3n) is 4.14. The number of hydrogen-bond acceptors (Lipinski definition) is 6. The third-order valence-corrected chi connectivity index (χ3v) is 4.14. The van der Waals surface area contributed by atoms with E-state index in [0.717, 1.165) is 17.1 Å². The third kappa shape index (κ3) is 5.44. The van der Waals surface area contributed by atoms with Crippen LogP contribution in [0.15, 0.2) is 54.6 Å². The van der Waals surface area contributed by atoms with Crippen LogP contribution in [-0.2, 0) is 6.54 Å². The van der Waals surface area contributed by atoms with Gasteiger partial charge in [-0.15, -0.1) is 0 Å². The molecule has 1 heterocycles. The van der Waals surface area contributed by atoms with Gasteiger partial charge < -0.3 is 20.1 Å². The average Bonchev–Trinajstić information content (AvgIpc) is 2.73. The minimum absolute atomic E-state index is 0.286. The van der Waals surface area contributed by atoms with E-state index in [1.54, 1.807) is 25.3 Å². The molecule has 0 aliphatic rings. The summed E-state index contributed by atoms with van der Waals surface area (Å²) in [6.07, 6.45) is 0. The topological polar surface area (TPSA) is 85.4 Å². The fourth-order valence-corrected chi connectivity index (χ4v) is 2.78. The number of para-hydroxylation sites is 1. The van der Waals surface area contributed by atoms with Gasteiger partial charge in [-0.2, -0.15) is 0 Å². The molecule has 150 valence electrons. The number of nitrogens with one attached hydrogen (secondary N) is 2. The van der Waals surface area contributed by atoms with E-state index in [9.17, 15) is 4.79 Å². The molecule has 29 heavy (non-hydrogen) atoms. The quantitative estimate of drug-likeness (QED) is 0.601. The molecule has 0 aliphatic carbocycles. The molecule has 0 fully saturated rings. The second-order valence-corrected chi connectivity index (χ2v) is 6.30. The molecule has 7 nitrogen and oxygen atoms in total. The average molecular weight is 392 g/mol. The second kappa shape index (κ2) is 9.54. The van der Waals surface area contributed by atoms with Gasteiger partial charge in [0.05, 0.1) is 13.7 Å². The number of amides is 1. The number of anilines is 2. The molecule has 0 radical (unpaired) electrons. The SMILES string of the molecule is CCOc1ccc(NC(=O)c2cc(C)nc(NCc3ccccc3OC)n2)cc1. The highest BCUT2D eigenvalue weighted by atomic mass is 16.5. The molecule has 0 saturated carbocycles. The zero-order chi connectivity index (χ0) is 20.6. The first-order valence-electron chi connectivity index (χ1n) is 9.34. The summed E-state index contributed by atoms with van der Waals surface area (Å²) in [7, 11) is 1.63. The van der Waals surface area contributed by atoms with Gasteiger partial charge in [0.15, 0.2) is 0 Å². The number of hydrogen-bond donors (Lipinski definition) is 2. The van der Waals surface area contributed by atoms with Crippen molar-refractivity contribution in [3.8, 4) is 11.5 Å². The zero-order valence-corrected chi connectivity index (χ0v) is 16.7. The first-order chi connectivity index (χ1) is 14.1. The predicted molar refractivity (Wildman–Crippen MR) is 113 cm³/mol.